The second-order valence-electron chi connectivity index (χ2n) is 7.85. The molecular weight excluding hydrogens is 391 g/mol. The van der Waals surface area contributed by atoms with Crippen molar-refractivity contribution in [2.24, 2.45) is 5.73 Å². The van der Waals surface area contributed by atoms with E-state index < -0.39 is 23.8 Å². The number of hydrogen-bond acceptors (Lipinski definition) is 2. The number of alkyl halides is 3. The first kappa shape index (κ1) is 22.3. The number of nitrogens with two attached hydrogens (primary N) is 1. The Labute approximate surface area is 175 Å². The van der Waals surface area contributed by atoms with E-state index in [1.165, 1.54) is 11.6 Å². The predicted octanol–water partition coefficient (Wildman–Crippen LogP) is 5.76. The number of aryl methyl sites for hydroxylation is 2. The van der Waals surface area contributed by atoms with Crippen LogP contribution in [0.25, 0.3) is 0 Å². The smallest absolute Gasteiger partial charge is 0.367 e. The Morgan fingerprint density at radius 1 is 0.833 bits per heavy atom. The molecule has 2 aromatic rings. The molecule has 3 nitrogen and oxygen atoms in total. The van der Waals surface area contributed by atoms with Crippen LogP contribution in [0.15, 0.2) is 48.5 Å². The average molecular weight is 419 g/mol. The fourth-order valence-corrected chi connectivity index (χ4v) is 3.96. The van der Waals surface area contributed by atoms with Crippen LogP contribution in [-0.2, 0) is 28.5 Å². The molecule has 0 spiro atoms. The van der Waals surface area contributed by atoms with Crippen LogP contribution in [0.3, 0.4) is 0 Å². The van der Waals surface area contributed by atoms with Crippen molar-refractivity contribution in [3.63, 3.8) is 0 Å². The fraction of sp³-hybridized carbons (Fsp3) is 0.458. The molecule has 1 amide bonds. The first-order valence-electron chi connectivity index (χ1n) is 10.6. The highest BCUT2D eigenvalue weighted by Crippen LogP contribution is 2.40. The number of hydrogen-bond donors (Lipinski definition) is 1. The van der Waals surface area contributed by atoms with Gasteiger partial charge >= 0.3 is 6.18 Å². The molecule has 1 aliphatic rings. The van der Waals surface area contributed by atoms with E-state index in [0.717, 1.165) is 56.6 Å². The number of carbonyl (C=O) groups excluding carboxylic acids is 1. The molecular formula is C24H28F3NO2. The Morgan fingerprint density at radius 2 is 1.37 bits per heavy atom. The Hall–Kier alpha value is -2.34. The number of halogens is 3. The van der Waals surface area contributed by atoms with Gasteiger partial charge in [-0.15, -0.1) is 0 Å². The summed E-state index contributed by atoms with van der Waals surface area (Å²) in [5, 5.41) is 0. The van der Waals surface area contributed by atoms with E-state index in [1.54, 1.807) is 12.1 Å². The number of amides is 1. The van der Waals surface area contributed by atoms with Gasteiger partial charge in [-0.25, -0.2) is 0 Å². The zero-order valence-corrected chi connectivity index (χ0v) is 17.0. The van der Waals surface area contributed by atoms with E-state index >= 15 is 0 Å². The molecule has 1 heterocycles. The topological polar surface area (TPSA) is 55.6 Å². The van der Waals surface area contributed by atoms with Crippen molar-refractivity contribution >= 4 is 5.91 Å². The van der Waals surface area contributed by atoms with E-state index in [9.17, 15) is 18.0 Å². The van der Waals surface area contributed by atoms with E-state index in [1.807, 2.05) is 18.2 Å². The minimum absolute atomic E-state index is 0.210. The summed E-state index contributed by atoms with van der Waals surface area (Å²) in [7, 11) is 0. The molecule has 0 saturated carbocycles. The van der Waals surface area contributed by atoms with Crippen LogP contribution in [0, 0.1) is 0 Å². The minimum atomic E-state index is -4.28. The molecule has 0 aliphatic carbocycles. The van der Waals surface area contributed by atoms with Gasteiger partial charge in [0.1, 0.15) is 6.10 Å². The lowest BCUT2D eigenvalue weighted by molar-refractivity contribution is -0.138. The van der Waals surface area contributed by atoms with Crippen LogP contribution in [0.5, 0.6) is 0 Å². The Morgan fingerprint density at radius 3 is 1.97 bits per heavy atom. The maximum atomic E-state index is 13.0. The summed E-state index contributed by atoms with van der Waals surface area (Å²) in [6.45, 7) is 0. The second kappa shape index (κ2) is 10.1. The van der Waals surface area contributed by atoms with Crippen molar-refractivity contribution in [3.8, 4) is 0 Å². The van der Waals surface area contributed by atoms with Crippen molar-refractivity contribution < 1.29 is 22.7 Å². The monoisotopic (exact) mass is 419 g/mol. The molecule has 0 radical (unpaired) electrons. The zero-order valence-electron chi connectivity index (χ0n) is 17.0. The summed E-state index contributed by atoms with van der Waals surface area (Å²) >= 11 is 0. The molecule has 30 heavy (non-hydrogen) atoms. The molecule has 162 valence electrons. The van der Waals surface area contributed by atoms with Gasteiger partial charge in [-0.3, -0.25) is 4.79 Å². The Balaban J connectivity index is 1.34. The maximum Gasteiger partial charge on any atom is 0.416 e. The lowest BCUT2D eigenvalue weighted by atomic mass is 9.97. The molecule has 2 aromatic carbocycles. The van der Waals surface area contributed by atoms with E-state index in [4.69, 9.17) is 10.5 Å². The van der Waals surface area contributed by atoms with E-state index in [2.05, 4.69) is 6.07 Å². The number of epoxide rings is 1. The zero-order chi connectivity index (χ0) is 21.6. The molecule has 0 aromatic heterocycles. The summed E-state index contributed by atoms with van der Waals surface area (Å²) in [6.07, 6.45) is 2.26. The van der Waals surface area contributed by atoms with Crippen molar-refractivity contribution in [1.82, 2.24) is 0 Å². The van der Waals surface area contributed by atoms with Gasteiger partial charge in [-0.2, -0.15) is 13.2 Å². The van der Waals surface area contributed by atoms with Crippen molar-refractivity contribution in [2.45, 2.75) is 69.8 Å². The summed E-state index contributed by atoms with van der Waals surface area (Å²) in [5.41, 5.74) is 7.41. The van der Waals surface area contributed by atoms with E-state index in [-0.39, 0.29) is 6.10 Å². The van der Waals surface area contributed by atoms with E-state index in [0.29, 0.717) is 12.0 Å². The second-order valence-corrected chi connectivity index (χ2v) is 7.85. The molecule has 1 saturated heterocycles. The average Bonchev–Trinajstić information content (AvgIpc) is 3.51. The highest BCUT2D eigenvalue weighted by molar-refractivity contribution is 5.82. The number of carbonyl (C=O) groups is 1. The van der Waals surface area contributed by atoms with Gasteiger partial charge in [0, 0.05) is 0 Å². The molecule has 2 N–H and O–H groups in total. The molecule has 1 aliphatic heterocycles. The van der Waals surface area contributed by atoms with Crippen LogP contribution in [0.2, 0.25) is 0 Å². The number of unbranched alkanes of at least 4 members (excludes halogenated alkanes) is 5. The van der Waals surface area contributed by atoms with Crippen molar-refractivity contribution in [1.29, 1.82) is 0 Å². The molecule has 1 fully saturated rings. The molecule has 6 heteroatoms. The largest absolute Gasteiger partial charge is 0.416 e. The normalized spacial score (nSPS) is 18.4. The number of benzene rings is 2. The third kappa shape index (κ3) is 6.08. The first-order chi connectivity index (χ1) is 14.4. The highest BCUT2D eigenvalue weighted by atomic mass is 19.4. The maximum absolute atomic E-state index is 13.0. The first-order valence-corrected chi connectivity index (χ1v) is 10.6. The molecule has 3 rings (SSSR count). The molecule has 2 unspecified atom stereocenters. The van der Waals surface area contributed by atoms with Crippen LogP contribution >= 0.6 is 0 Å². The fourth-order valence-electron chi connectivity index (χ4n) is 3.96. The highest BCUT2D eigenvalue weighted by Gasteiger charge is 2.45. The lowest BCUT2D eigenvalue weighted by Crippen LogP contribution is -2.18. The SMILES string of the molecule is NC(=O)C1OC1c1ccccc1CCCCCCCCc1ccccc1C(F)(F)F. The Kier molecular flexibility index (Phi) is 7.53. The van der Waals surface area contributed by atoms with Crippen molar-refractivity contribution in [2.75, 3.05) is 0 Å². The predicted molar refractivity (Wildman–Crippen MR) is 110 cm³/mol. The molecule has 0 bridgehead atoms. The standard InChI is InChI=1S/C24H28F3NO2/c25-24(26,27)20-16-10-8-14-18(20)13-6-4-2-1-3-5-11-17-12-7-9-15-19(17)21-22(30-21)23(28)29/h7-10,12,14-16,21-22H,1-6,11,13H2,(H2,28,29). The van der Waals surface area contributed by atoms with Crippen LogP contribution in [0.4, 0.5) is 13.2 Å². The number of primary amides is 1. The third-order valence-corrected chi connectivity index (χ3v) is 5.60. The summed E-state index contributed by atoms with van der Waals surface area (Å²) in [5.74, 6) is -0.423. The van der Waals surface area contributed by atoms with Crippen LogP contribution in [-0.4, -0.2) is 12.0 Å². The van der Waals surface area contributed by atoms with Crippen LogP contribution in [0.1, 0.15) is 66.9 Å². The number of ether oxygens (including phenoxy) is 1. The van der Waals surface area contributed by atoms with Gasteiger partial charge in [-0.1, -0.05) is 68.1 Å². The van der Waals surface area contributed by atoms with Gasteiger partial charge < -0.3 is 10.5 Å². The van der Waals surface area contributed by atoms with Gasteiger partial charge in [0.05, 0.1) is 5.56 Å². The lowest BCUT2D eigenvalue weighted by Gasteiger charge is -2.12. The van der Waals surface area contributed by atoms with Gasteiger partial charge in [0.15, 0.2) is 6.10 Å². The minimum Gasteiger partial charge on any atom is -0.367 e. The van der Waals surface area contributed by atoms with Gasteiger partial charge in [-0.05, 0) is 48.4 Å². The summed E-state index contributed by atoms with van der Waals surface area (Å²) in [4.78, 5) is 11.2. The molecule has 2 atom stereocenters. The number of rotatable bonds is 11. The quantitative estimate of drug-likeness (QED) is 0.372. The van der Waals surface area contributed by atoms with Crippen molar-refractivity contribution in [3.05, 3.63) is 70.8 Å². The summed E-state index contributed by atoms with van der Waals surface area (Å²) in [6, 6.07) is 13.8. The van der Waals surface area contributed by atoms with Gasteiger partial charge in [0.25, 0.3) is 0 Å². The van der Waals surface area contributed by atoms with Gasteiger partial charge in [0.2, 0.25) is 5.91 Å². The van der Waals surface area contributed by atoms with Crippen LogP contribution < -0.4 is 5.73 Å². The Bertz CT molecular complexity index is 850. The third-order valence-electron chi connectivity index (χ3n) is 5.60. The summed E-state index contributed by atoms with van der Waals surface area (Å²) < 4.78 is 44.4.